The van der Waals surface area contributed by atoms with Crippen LogP contribution in [0.15, 0.2) is 18.5 Å². The fourth-order valence-electron chi connectivity index (χ4n) is 3.08. The highest BCUT2D eigenvalue weighted by Crippen LogP contribution is 2.41. The molecule has 4 nitrogen and oxygen atoms in total. The van der Waals surface area contributed by atoms with Crippen LogP contribution in [-0.4, -0.2) is 41.6 Å². The second-order valence-electron chi connectivity index (χ2n) is 5.46. The number of hydrogen-bond donors (Lipinski definition) is 0. The summed E-state index contributed by atoms with van der Waals surface area (Å²) in [6.45, 7) is 0.685. The summed E-state index contributed by atoms with van der Waals surface area (Å²) >= 11 is 1.93. The molecule has 0 radical (unpaired) electrons. The predicted molar refractivity (Wildman–Crippen MR) is 78.5 cm³/mol. The van der Waals surface area contributed by atoms with Crippen LogP contribution >= 0.6 is 11.8 Å². The molecule has 0 N–H and O–H groups in total. The SMILES string of the molecule is COc1cnccc1C(=O)C1CCOC2(CCSC2)C1. The van der Waals surface area contributed by atoms with Crippen molar-refractivity contribution in [2.75, 3.05) is 25.2 Å². The van der Waals surface area contributed by atoms with Crippen LogP contribution in [0.1, 0.15) is 29.6 Å². The van der Waals surface area contributed by atoms with E-state index in [-0.39, 0.29) is 17.3 Å². The summed E-state index contributed by atoms with van der Waals surface area (Å²) in [6, 6.07) is 1.76. The van der Waals surface area contributed by atoms with Crippen LogP contribution in [0.25, 0.3) is 0 Å². The Kier molecular flexibility index (Phi) is 3.98. The Morgan fingerprint density at radius 1 is 1.60 bits per heavy atom. The molecule has 108 valence electrons. The first-order valence-electron chi connectivity index (χ1n) is 6.98. The predicted octanol–water partition coefficient (Wildman–Crippen LogP) is 2.58. The van der Waals surface area contributed by atoms with Gasteiger partial charge in [0.15, 0.2) is 5.78 Å². The van der Waals surface area contributed by atoms with E-state index in [1.807, 2.05) is 11.8 Å². The summed E-state index contributed by atoms with van der Waals surface area (Å²) in [5, 5.41) is 0. The topological polar surface area (TPSA) is 48.4 Å². The molecular formula is C15H19NO3S. The van der Waals surface area contributed by atoms with Crippen molar-refractivity contribution < 1.29 is 14.3 Å². The molecule has 0 amide bonds. The van der Waals surface area contributed by atoms with Crippen LogP contribution in [0.4, 0.5) is 0 Å². The van der Waals surface area contributed by atoms with E-state index in [1.165, 1.54) is 0 Å². The molecule has 1 aromatic rings. The van der Waals surface area contributed by atoms with Crippen molar-refractivity contribution in [1.82, 2.24) is 4.98 Å². The molecule has 2 saturated heterocycles. The van der Waals surface area contributed by atoms with Crippen LogP contribution in [0.2, 0.25) is 0 Å². The van der Waals surface area contributed by atoms with Gasteiger partial charge >= 0.3 is 0 Å². The molecule has 3 rings (SSSR count). The van der Waals surface area contributed by atoms with Gasteiger partial charge in [0.1, 0.15) is 5.75 Å². The van der Waals surface area contributed by atoms with Gasteiger partial charge in [0.25, 0.3) is 0 Å². The highest BCUT2D eigenvalue weighted by atomic mass is 32.2. The third-order valence-electron chi connectivity index (χ3n) is 4.20. The van der Waals surface area contributed by atoms with Crippen LogP contribution in [-0.2, 0) is 4.74 Å². The van der Waals surface area contributed by atoms with Gasteiger partial charge in [0.2, 0.25) is 0 Å². The number of methoxy groups -OCH3 is 1. The van der Waals surface area contributed by atoms with Gasteiger partial charge in [0, 0.05) is 24.5 Å². The van der Waals surface area contributed by atoms with Crippen molar-refractivity contribution in [3.05, 3.63) is 24.0 Å². The fraction of sp³-hybridized carbons (Fsp3) is 0.600. The first kappa shape index (κ1) is 13.9. The molecule has 1 spiro atoms. The number of nitrogens with zero attached hydrogens (tertiary/aromatic N) is 1. The smallest absolute Gasteiger partial charge is 0.169 e. The molecule has 0 bridgehead atoms. The summed E-state index contributed by atoms with van der Waals surface area (Å²) in [5.41, 5.74) is 0.582. The zero-order chi connectivity index (χ0) is 14.0. The van der Waals surface area contributed by atoms with E-state index in [1.54, 1.807) is 25.6 Å². The fourth-order valence-corrected chi connectivity index (χ4v) is 4.46. The third kappa shape index (κ3) is 2.56. The zero-order valence-electron chi connectivity index (χ0n) is 11.6. The van der Waals surface area contributed by atoms with E-state index >= 15 is 0 Å². The Bertz CT molecular complexity index is 500. The van der Waals surface area contributed by atoms with E-state index in [0.29, 0.717) is 17.9 Å². The molecule has 2 fully saturated rings. The van der Waals surface area contributed by atoms with Crippen molar-refractivity contribution in [2.45, 2.75) is 24.9 Å². The van der Waals surface area contributed by atoms with Crippen molar-refractivity contribution in [3.8, 4) is 5.75 Å². The first-order chi connectivity index (χ1) is 9.74. The van der Waals surface area contributed by atoms with Crippen molar-refractivity contribution in [1.29, 1.82) is 0 Å². The molecular weight excluding hydrogens is 274 g/mol. The molecule has 0 saturated carbocycles. The van der Waals surface area contributed by atoms with Gasteiger partial charge in [-0.05, 0) is 31.1 Å². The molecule has 1 aromatic heterocycles. The minimum absolute atomic E-state index is 0.0405. The van der Waals surface area contributed by atoms with Gasteiger partial charge in [-0.1, -0.05) is 0 Å². The maximum absolute atomic E-state index is 12.7. The van der Waals surface area contributed by atoms with Crippen molar-refractivity contribution >= 4 is 17.5 Å². The average Bonchev–Trinajstić information content (AvgIpc) is 2.94. The summed E-state index contributed by atoms with van der Waals surface area (Å²) < 4.78 is 11.2. The molecule has 3 heterocycles. The number of carbonyl (C=O) groups excluding carboxylic acids is 1. The Labute approximate surface area is 123 Å². The Hall–Kier alpha value is -1.07. The number of Topliss-reactive ketones (excluding diaryl/α,β-unsaturated/α-hetero) is 1. The van der Waals surface area contributed by atoms with Crippen LogP contribution < -0.4 is 4.74 Å². The van der Waals surface area contributed by atoms with E-state index in [0.717, 1.165) is 30.8 Å². The Morgan fingerprint density at radius 3 is 3.25 bits per heavy atom. The summed E-state index contributed by atoms with van der Waals surface area (Å²) in [5.74, 6) is 2.94. The number of carbonyl (C=O) groups is 1. The summed E-state index contributed by atoms with van der Waals surface area (Å²) in [4.78, 5) is 16.8. The van der Waals surface area contributed by atoms with Crippen molar-refractivity contribution in [2.24, 2.45) is 5.92 Å². The lowest BCUT2D eigenvalue weighted by Crippen LogP contribution is -2.42. The molecule has 0 aliphatic carbocycles. The maximum Gasteiger partial charge on any atom is 0.169 e. The normalized spacial score (nSPS) is 29.6. The van der Waals surface area contributed by atoms with Gasteiger partial charge in [0.05, 0.1) is 24.5 Å². The van der Waals surface area contributed by atoms with Crippen LogP contribution in [0, 0.1) is 5.92 Å². The van der Waals surface area contributed by atoms with E-state index in [4.69, 9.17) is 9.47 Å². The van der Waals surface area contributed by atoms with E-state index in [9.17, 15) is 4.79 Å². The molecule has 2 atom stereocenters. The van der Waals surface area contributed by atoms with Crippen LogP contribution in [0.5, 0.6) is 5.75 Å². The summed E-state index contributed by atoms with van der Waals surface area (Å²) in [6.07, 6.45) is 5.96. The van der Waals surface area contributed by atoms with Crippen LogP contribution in [0.3, 0.4) is 0 Å². The molecule has 2 aliphatic heterocycles. The minimum Gasteiger partial charge on any atom is -0.494 e. The first-order valence-corrected chi connectivity index (χ1v) is 8.13. The number of ether oxygens (including phenoxy) is 2. The van der Waals surface area contributed by atoms with Crippen molar-refractivity contribution in [3.63, 3.8) is 0 Å². The Balaban J connectivity index is 1.79. The number of pyridine rings is 1. The standard InChI is InChI=1S/C15H19NO3S/c1-18-13-9-16-5-2-12(13)14(17)11-3-6-19-15(8-11)4-7-20-10-15/h2,5,9,11H,3-4,6-8,10H2,1H3. The molecule has 0 aromatic carbocycles. The molecule has 2 aliphatic rings. The van der Waals surface area contributed by atoms with E-state index in [2.05, 4.69) is 4.98 Å². The lowest BCUT2D eigenvalue weighted by molar-refractivity contribution is -0.0734. The Morgan fingerprint density at radius 2 is 2.50 bits per heavy atom. The highest BCUT2D eigenvalue weighted by Gasteiger charge is 2.42. The van der Waals surface area contributed by atoms with E-state index < -0.39 is 0 Å². The van der Waals surface area contributed by atoms with Gasteiger partial charge in [-0.15, -0.1) is 0 Å². The van der Waals surface area contributed by atoms with Gasteiger partial charge in [-0.25, -0.2) is 0 Å². The average molecular weight is 293 g/mol. The second kappa shape index (κ2) is 5.74. The summed E-state index contributed by atoms with van der Waals surface area (Å²) in [7, 11) is 1.58. The largest absolute Gasteiger partial charge is 0.494 e. The minimum atomic E-state index is -0.0660. The second-order valence-corrected chi connectivity index (χ2v) is 6.57. The lowest BCUT2D eigenvalue weighted by Gasteiger charge is -2.37. The van der Waals surface area contributed by atoms with Gasteiger partial charge in [-0.2, -0.15) is 11.8 Å². The molecule has 5 heteroatoms. The third-order valence-corrected chi connectivity index (χ3v) is 5.42. The number of hydrogen-bond acceptors (Lipinski definition) is 5. The maximum atomic E-state index is 12.7. The quantitative estimate of drug-likeness (QED) is 0.802. The van der Waals surface area contributed by atoms with Gasteiger partial charge in [-0.3, -0.25) is 9.78 Å². The molecule has 20 heavy (non-hydrogen) atoms. The number of aromatic nitrogens is 1. The highest BCUT2D eigenvalue weighted by molar-refractivity contribution is 7.99. The number of thioether (sulfide) groups is 1. The monoisotopic (exact) mass is 293 g/mol. The number of ketones is 1. The zero-order valence-corrected chi connectivity index (χ0v) is 12.4. The van der Waals surface area contributed by atoms with Gasteiger partial charge < -0.3 is 9.47 Å². The number of rotatable bonds is 3. The molecule has 2 unspecified atom stereocenters. The lowest BCUT2D eigenvalue weighted by atomic mass is 9.81.